The van der Waals surface area contributed by atoms with Gasteiger partial charge in [0.05, 0.1) is 6.10 Å². The number of likely N-dealkylation sites (tertiary alicyclic amines) is 1. The molecule has 2 rings (SSSR count). The van der Waals surface area contributed by atoms with Gasteiger partial charge in [0.25, 0.3) is 0 Å². The Morgan fingerprint density at radius 1 is 1.25 bits per heavy atom. The second-order valence-electron chi connectivity index (χ2n) is 5.42. The molecule has 1 aliphatic rings. The van der Waals surface area contributed by atoms with E-state index in [4.69, 9.17) is 5.11 Å². The maximum atomic E-state index is 13.5. The molecule has 112 valence electrons. The second kappa shape index (κ2) is 7.11. The Morgan fingerprint density at radius 2 is 1.95 bits per heavy atom. The van der Waals surface area contributed by atoms with Gasteiger partial charge in [0.1, 0.15) is 0 Å². The van der Waals surface area contributed by atoms with Crippen LogP contribution in [0.4, 0.5) is 8.78 Å². The quantitative estimate of drug-likeness (QED) is 0.870. The molecular weight excluding hydrogens is 264 g/mol. The zero-order valence-corrected chi connectivity index (χ0v) is 11.4. The Labute approximate surface area is 117 Å². The van der Waals surface area contributed by atoms with Crippen LogP contribution in [0.3, 0.4) is 0 Å². The Bertz CT molecular complexity index is 434. The lowest BCUT2D eigenvalue weighted by Gasteiger charge is -2.31. The fraction of sp³-hybridized carbons (Fsp3) is 0.600. The summed E-state index contributed by atoms with van der Waals surface area (Å²) in [5.74, 6) is -1.51. The summed E-state index contributed by atoms with van der Waals surface area (Å²) in [4.78, 5) is 2.19. The third-order valence-electron chi connectivity index (χ3n) is 4.02. The molecular formula is C15H21F2NO2. The van der Waals surface area contributed by atoms with Gasteiger partial charge in [0.15, 0.2) is 11.6 Å². The standard InChI is InChI=1S/C15H21F2NO2/c16-13-3-1-2-12(15(13)17)14(20)6-9-18-7-4-11(10-19)5-8-18/h1-3,11,14,19-20H,4-10H2. The summed E-state index contributed by atoms with van der Waals surface area (Å²) in [6.45, 7) is 2.63. The van der Waals surface area contributed by atoms with Crippen LogP contribution < -0.4 is 0 Å². The smallest absolute Gasteiger partial charge is 0.164 e. The highest BCUT2D eigenvalue weighted by atomic mass is 19.2. The number of halogens is 2. The molecule has 1 saturated heterocycles. The van der Waals surface area contributed by atoms with Crippen molar-refractivity contribution in [1.82, 2.24) is 4.90 Å². The van der Waals surface area contributed by atoms with Crippen molar-refractivity contribution in [2.75, 3.05) is 26.2 Å². The predicted octanol–water partition coefficient (Wildman–Crippen LogP) is 2.09. The lowest BCUT2D eigenvalue weighted by Crippen LogP contribution is -2.35. The van der Waals surface area contributed by atoms with Crippen LogP contribution in [0.25, 0.3) is 0 Å². The zero-order valence-electron chi connectivity index (χ0n) is 11.4. The lowest BCUT2D eigenvalue weighted by molar-refractivity contribution is 0.103. The van der Waals surface area contributed by atoms with Crippen molar-refractivity contribution in [1.29, 1.82) is 0 Å². The first-order valence-electron chi connectivity index (χ1n) is 7.07. The summed E-state index contributed by atoms with van der Waals surface area (Å²) in [5, 5.41) is 19.0. The van der Waals surface area contributed by atoms with Crippen molar-refractivity contribution in [2.24, 2.45) is 5.92 Å². The predicted molar refractivity (Wildman–Crippen MR) is 72.2 cm³/mol. The third kappa shape index (κ3) is 3.75. The minimum atomic E-state index is -0.985. The molecule has 5 heteroatoms. The van der Waals surface area contributed by atoms with Gasteiger partial charge in [0.2, 0.25) is 0 Å². The van der Waals surface area contributed by atoms with Crippen LogP contribution in [0.5, 0.6) is 0 Å². The van der Waals surface area contributed by atoms with Gasteiger partial charge >= 0.3 is 0 Å². The van der Waals surface area contributed by atoms with Crippen LogP contribution in [-0.4, -0.2) is 41.4 Å². The highest BCUT2D eigenvalue weighted by Crippen LogP contribution is 2.23. The largest absolute Gasteiger partial charge is 0.396 e. The fourth-order valence-electron chi connectivity index (χ4n) is 2.63. The first-order valence-corrected chi connectivity index (χ1v) is 7.07. The molecule has 1 aromatic carbocycles. The van der Waals surface area contributed by atoms with E-state index in [1.165, 1.54) is 12.1 Å². The Hall–Kier alpha value is -1.04. The molecule has 20 heavy (non-hydrogen) atoms. The van der Waals surface area contributed by atoms with Crippen LogP contribution >= 0.6 is 0 Å². The second-order valence-corrected chi connectivity index (χ2v) is 5.42. The Morgan fingerprint density at radius 3 is 2.60 bits per heavy atom. The molecule has 1 fully saturated rings. The van der Waals surface area contributed by atoms with Crippen LogP contribution in [-0.2, 0) is 0 Å². The summed E-state index contributed by atoms with van der Waals surface area (Å²) in [7, 11) is 0. The van der Waals surface area contributed by atoms with Crippen molar-refractivity contribution in [3.63, 3.8) is 0 Å². The molecule has 0 aromatic heterocycles. The normalized spacial score (nSPS) is 19.2. The third-order valence-corrected chi connectivity index (χ3v) is 4.02. The van der Waals surface area contributed by atoms with Crippen molar-refractivity contribution in [3.05, 3.63) is 35.4 Å². The molecule has 0 spiro atoms. The van der Waals surface area contributed by atoms with Crippen molar-refractivity contribution in [3.8, 4) is 0 Å². The van der Waals surface area contributed by atoms with E-state index in [2.05, 4.69) is 4.90 Å². The van der Waals surface area contributed by atoms with E-state index >= 15 is 0 Å². The Kier molecular flexibility index (Phi) is 5.46. The monoisotopic (exact) mass is 285 g/mol. The maximum Gasteiger partial charge on any atom is 0.164 e. The van der Waals surface area contributed by atoms with Gasteiger partial charge in [-0.15, -0.1) is 0 Å². The maximum absolute atomic E-state index is 13.5. The molecule has 2 N–H and O–H groups in total. The molecule has 3 nitrogen and oxygen atoms in total. The molecule has 1 aromatic rings. The molecule has 0 amide bonds. The van der Waals surface area contributed by atoms with Crippen LogP contribution in [0.15, 0.2) is 18.2 Å². The molecule has 0 aliphatic carbocycles. The van der Waals surface area contributed by atoms with Gasteiger partial charge < -0.3 is 15.1 Å². The molecule has 1 aliphatic heterocycles. The van der Waals surface area contributed by atoms with Crippen LogP contribution in [0.2, 0.25) is 0 Å². The van der Waals surface area contributed by atoms with Gasteiger partial charge in [-0.05, 0) is 44.3 Å². The number of piperidine rings is 1. The summed E-state index contributed by atoms with van der Waals surface area (Å²) < 4.78 is 26.6. The number of hydrogen-bond acceptors (Lipinski definition) is 3. The van der Waals surface area contributed by atoms with E-state index in [1.807, 2.05) is 0 Å². The zero-order chi connectivity index (χ0) is 14.5. The topological polar surface area (TPSA) is 43.7 Å². The van der Waals surface area contributed by atoms with E-state index in [0.717, 1.165) is 32.0 Å². The van der Waals surface area contributed by atoms with Gasteiger partial charge in [0, 0.05) is 18.7 Å². The first-order chi connectivity index (χ1) is 9.61. The molecule has 0 radical (unpaired) electrons. The number of hydrogen-bond donors (Lipinski definition) is 2. The van der Waals surface area contributed by atoms with Crippen molar-refractivity contribution in [2.45, 2.75) is 25.4 Å². The average Bonchev–Trinajstić information content (AvgIpc) is 2.48. The summed E-state index contributed by atoms with van der Waals surface area (Å²) in [6.07, 6.45) is 1.28. The first kappa shape index (κ1) is 15.4. The summed E-state index contributed by atoms with van der Waals surface area (Å²) in [6, 6.07) is 3.87. The minimum absolute atomic E-state index is 0.0234. The highest BCUT2D eigenvalue weighted by molar-refractivity contribution is 5.21. The average molecular weight is 285 g/mol. The lowest BCUT2D eigenvalue weighted by atomic mass is 9.97. The highest BCUT2D eigenvalue weighted by Gasteiger charge is 2.20. The number of benzene rings is 1. The van der Waals surface area contributed by atoms with Crippen LogP contribution in [0.1, 0.15) is 30.9 Å². The van der Waals surface area contributed by atoms with Gasteiger partial charge in [-0.25, -0.2) is 8.78 Å². The number of aliphatic hydroxyl groups is 2. The SMILES string of the molecule is OCC1CCN(CCC(O)c2cccc(F)c2F)CC1. The van der Waals surface area contributed by atoms with E-state index in [-0.39, 0.29) is 12.2 Å². The Balaban J connectivity index is 1.83. The number of aliphatic hydroxyl groups excluding tert-OH is 2. The summed E-state index contributed by atoms with van der Waals surface area (Å²) >= 11 is 0. The molecule has 0 bridgehead atoms. The number of rotatable bonds is 5. The molecule has 1 heterocycles. The van der Waals surface area contributed by atoms with Gasteiger partial charge in [-0.1, -0.05) is 12.1 Å². The fourth-order valence-corrected chi connectivity index (χ4v) is 2.63. The molecule has 1 atom stereocenters. The number of nitrogens with zero attached hydrogens (tertiary/aromatic N) is 1. The minimum Gasteiger partial charge on any atom is -0.396 e. The van der Waals surface area contributed by atoms with Gasteiger partial charge in [-0.3, -0.25) is 0 Å². The van der Waals surface area contributed by atoms with Crippen LogP contribution in [0, 0.1) is 17.6 Å². The van der Waals surface area contributed by atoms with Crippen molar-refractivity contribution < 1.29 is 19.0 Å². The molecule has 1 unspecified atom stereocenters. The van der Waals surface area contributed by atoms with E-state index < -0.39 is 17.7 Å². The van der Waals surface area contributed by atoms with E-state index in [1.54, 1.807) is 0 Å². The van der Waals surface area contributed by atoms with Gasteiger partial charge in [-0.2, -0.15) is 0 Å². The molecule has 0 saturated carbocycles. The van der Waals surface area contributed by atoms with E-state index in [0.29, 0.717) is 18.9 Å². The van der Waals surface area contributed by atoms with E-state index in [9.17, 15) is 13.9 Å². The summed E-state index contributed by atoms with van der Waals surface area (Å²) in [5.41, 5.74) is 0.0234. The van der Waals surface area contributed by atoms with Crippen molar-refractivity contribution >= 4 is 0 Å².